The molecule has 30 heavy (non-hydrogen) atoms. The molecule has 1 aliphatic heterocycles. The number of halogens is 3. The van der Waals surface area contributed by atoms with Crippen LogP contribution in [0, 0.1) is 5.41 Å². The molecule has 0 aliphatic carbocycles. The van der Waals surface area contributed by atoms with E-state index in [4.69, 9.17) is 39.6 Å². The van der Waals surface area contributed by atoms with Crippen LogP contribution >= 0.6 is 34.8 Å². The molecular weight excluding hydrogens is 443 g/mol. The van der Waals surface area contributed by atoms with Crippen molar-refractivity contribution in [3.8, 4) is 0 Å². The average molecular weight is 468 g/mol. The van der Waals surface area contributed by atoms with Gasteiger partial charge in [0.25, 0.3) is 0 Å². The Kier molecular flexibility index (Phi) is 7.33. The van der Waals surface area contributed by atoms with Gasteiger partial charge in [-0.2, -0.15) is 0 Å². The molecule has 1 aliphatic rings. The lowest BCUT2D eigenvalue weighted by Crippen LogP contribution is -2.38. The number of carbonyl (C=O) groups excluding carboxylic acids is 1. The highest BCUT2D eigenvalue weighted by atomic mass is 35.5. The monoisotopic (exact) mass is 466 g/mol. The normalized spacial score (nSPS) is 16.2. The molecule has 0 saturated carbocycles. The van der Waals surface area contributed by atoms with E-state index in [9.17, 15) is 4.79 Å². The molecule has 7 heteroatoms. The standard InChI is InChI=1S/C23H25Cl3N2O2/c1-23(2,3)12-22(29)28(13-16-6-4-5-7-18(16)24)14-17-11-21(27-30-17)15-8-9-19(25)20(26)10-15/h4-10,17H,11-14H2,1-3H3. The van der Waals surface area contributed by atoms with Crippen molar-refractivity contribution in [1.82, 2.24) is 4.90 Å². The minimum atomic E-state index is -0.235. The van der Waals surface area contributed by atoms with Crippen molar-refractivity contribution < 1.29 is 9.63 Å². The van der Waals surface area contributed by atoms with E-state index in [1.54, 1.807) is 12.1 Å². The minimum Gasteiger partial charge on any atom is -0.390 e. The average Bonchev–Trinajstić information content (AvgIpc) is 3.12. The molecule has 3 rings (SSSR count). The summed E-state index contributed by atoms with van der Waals surface area (Å²) in [4.78, 5) is 20.5. The molecular formula is C23H25Cl3N2O2. The van der Waals surface area contributed by atoms with Gasteiger partial charge in [-0.25, -0.2) is 0 Å². The Hall–Kier alpha value is -1.75. The van der Waals surface area contributed by atoms with Gasteiger partial charge in [-0.05, 0) is 29.2 Å². The number of nitrogens with zero attached hydrogens (tertiary/aromatic N) is 2. The first kappa shape index (κ1) is 22.9. The summed E-state index contributed by atoms with van der Waals surface area (Å²) >= 11 is 18.5. The molecule has 1 atom stereocenters. The number of carbonyl (C=O) groups is 1. The summed E-state index contributed by atoms with van der Waals surface area (Å²) in [7, 11) is 0. The Labute approximate surface area is 192 Å². The van der Waals surface area contributed by atoms with Crippen molar-refractivity contribution >= 4 is 46.4 Å². The van der Waals surface area contributed by atoms with Crippen molar-refractivity contribution in [3.05, 3.63) is 68.7 Å². The zero-order valence-electron chi connectivity index (χ0n) is 17.3. The summed E-state index contributed by atoms with van der Waals surface area (Å²) in [5.74, 6) is 0.0639. The van der Waals surface area contributed by atoms with Crippen LogP contribution in [0.4, 0.5) is 0 Å². The van der Waals surface area contributed by atoms with Crippen LogP contribution in [-0.2, 0) is 16.2 Å². The zero-order chi connectivity index (χ0) is 21.9. The Morgan fingerprint density at radius 3 is 2.50 bits per heavy atom. The first-order valence-electron chi connectivity index (χ1n) is 9.82. The molecule has 2 aromatic carbocycles. The maximum atomic E-state index is 13.1. The molecule has 0 spiro atoms. The van der Waals surface area contributed by atoms with Gasteiger partial charge in [0.15, 0.2) is 6.10 Å². The van der Waals surface area contributed by atoms with Crippen molar-refractivity contribution in [2.24, 2.45) is 10.6 Å². The molecule has 1 heterocycles. The second kappa shape index (κ2) is 9.59. The van der Waals surface area contributed by atoms with Gasteiger partial charge in [-0.1, -0.05) is 85.0 Å². The molecule has 2 aromatic rings. The van der Waals surface area contributed by atoms with Crippen LogP contribution in [0.5, 0.6) is 0 Å². The van der Waals surface area contributed by atoms with Gasteiger partial charge in [0.05, 0.1) is 22.3 Å². The molecule has 0 aromatic heterocycles. The fourth-order valence-electron chi connectivity index (χ4n) is 3.27. The molecule has 0 bridgehead atoms. The lowest BCUT2D eigenvalue weighted by atomic mass is 9.91. The van der Waals surface area contributed by atoms with Crippen LogP contribution in [0.2, 0.25) is 15.1 Å². The second-order valence-electron chi connectivity index (χ2n) is 8.70. The molecule has 160 valence electrons. The Morgan fingerprint density at radius 1 is 1.10 bits per heavy atom. The molecule has 0 fully saturated rings. The molecule has 1 unspecified atom stereocenters. The minimum absolute atomic E-state index is 0.0639. The van der Waals surface area contributed by atoms with Crippen LogP contribution < -0.4 is 0 Å². The molecule has 0 N–H and O–H groups in total. The number of benzene rings is 2. The summed E-state index contributed by atoms with van der Waals surface area (Å²) in [5.41, 5.74) is 2.45. The van der Waals surface area contributed by atoms with Gasteiger partial charge in [0.2, 0.25) is 5.91 Å². The zero-order valence-corrected chi connectivity index (χ0v) is 19.6. The highest BCUT2D eigenvalue weighted by Gasteiger charge is 2.29. The largest absolute Gasteiger partial charge is 0.390 e. The number of oxime groups is 1. The van der Waals surface area contributed by atoms with Gasteiger partial charge in [0.1, 0.15) is 0 Å². The fourth-order valence-corrected chi connectivity index (χ4v) is 3.76. The van der Waals surface area contributed by atoms with E-state index >= 15 is 0 Å². The lowest BCUT2D eigenvalue weighted by molar-refractivity contribution is -0.135. The van der Waals surface area contributed by atoms with E-state index in [1.165, 1.54) is 0 Å². The number of hydrogen-bond donors (Lipinski definition) is 0. The van der Waals surface area contributed by atoms with Crippen LogP contribution in [0.1, 0.15) is 44.7 Å². The molecule has 0 radical (unpaired) electrons. The molecule has 0 saturated heterocycles. The first-order chi connectivity index (χ1) is 14.1. The fraction of sp³-hybridized carbons (Fsp3) is 0.391. The predicted octanol–water partition coefficient (Wildman–Crippen LogP) is 6.60. The maximum absolute atomic E-state index is 13.1. The Balaban J connectivity index is 1.72. The molecule has 1 amide bonds. The summed E-state index contributed by atoms with van der Waals surface area (Å²) in [5, 5.41) is 5.83. The van der Waals surface area contributed by atoms with Gasteiger partial charge in [-0.15, -0.1) is 0 Å². The highest BCUT2D eigenvalue weighted by molar-refractivity contribution is 6.42. The van der Waals surface area contributed by atoms with Crippen molar-refractivity contribution in [2.45, 2.75) is 46.3 Å². The number of rotatable bonds is 6. The van der Waals surface area contributed by atoms with Gasteiger partial charge < -0.3 is 9.74 Å². The highest BCUT2D eigenvalue weighted by Crippen LogP contribution is 2.27. The van der Waals surface area contributed by atoms with Gasteiger partial charge in [0, 0.05) is 30.0 Å². The molecule has 4 nitrogen and oxygen atoms in total. The van der Waals surface area contributed by atoms with Crippen LogP contribution in [-0.4, -0.2) is 29.2 Å². The lowest BCUT2D eigenvalue weighted by Gasteiger charge is -2.28. The van der Waals surface area contributed by atoms with E-state index in [1.807, 2.05) is 35.2 Å². The van der Waals surface area contributed by atoms with E-state index in [2.05, 4.69) is 25.9 Å². The van der Waals surface area contributed by atoms with E-state index in [0.29, 0.717) is 41.0 Å². The smallest absolute Gasteiger partial charge is 0.223 e. The van der Waals surface area contributed by atoms with E-state index in [-0.39, 0.29) is 17.4 Å². The summed E-state index contributed by atoms with van der Waals surface area (Å²) in [6, 6.07) is 13.0. The second-order valence-corrected chi connectivity index (χ2v) is 9.92. The Bertz CT molecular complexity index is 954. The van der Waals surface area contributed by atoms with Crippen LogP contribution in [0.3, 0.4) is 0 Å². The van der Waals surface area contributed by atoms with Crippen molar-refractivity contribution in [3.63, 3.8) is 0 Å². The topological polar surface area (TPSA) is 41.9 Å². The number of amides is 1. The predicted molar refractivity (Wildman–Crippen MR) is 123 cm³/mol. The van der Waals surface area contributed by atoms with Gasteiger partial charge in [-0.3, -0.25) is 4.79 Å². The van der Waals surface area contributed by atoms with Crippen molar-refractivity contribution in [2.75, 3.05) is 6.54 Å². The quantitative estimate of drug-likeness (QED) is 0.480. The third kappa shape index (κ3) is 6.13. The third-order valence-corrected chi connectivity index (χ3v) is 5.87. The van der Waals surface area contributed by atoms with Crippen LogP contribution in [0.15, 0.2) is 47.6 Å². The first-order valence-corrected chi connectivity index (χ1v) is 10.9. The SMILES string of the molecule is CC(C)(C)CC(=O)N(Cc1ccccc1Cl)CC1CC(c2ccc(Cl)c(Cl)c2)=NO1. The third-order valence-electron chi connectivity index (χ3n) is 4.76. The van der Waals surface area contributed by atoms with E-state index in [0.717, 1.165) is 16.8 Å². The van der Waals surface area contributed by atoms with Crippen molar-refractivity contribution in [1.29, 1.82) is 0 Å². The van der Waals surface area contributed by atoms with Crippen LogP contribution in [0.25, 0.3) is 0 Å². The summed E-state index contributed by atoms with van der Waals surface area (Å²) < 4.78 is 0. The maximum Gasteiger partial charge on any atom is 0.223 e. The van der Waals surface area contributed by atoms with Gasteiger partial charge >= 0.3 is 0 Å². The Morgan fingerprint density at radius 2 is 1.83 bits per heavy atom. The number of hydrogen-bond acceptors (Lipinski definition) is 3. The van der Waals surface area contributed by atoms with E-state index < -0.39 is 0 Å². The summed E-state index contributed by atoms with van der Waals surface area (Å²) in [6.45, 7) is 7.01. The summed E-state index contributed by atoms with van der Waals surface area (Å²) in [6.07, 6.45) is 0.783.